The quantitative estimate of drug-likeness (QED) is 0.792. The molecule has 4 nitrogen and oxygen atoms in total. The standard InChI is InChI=1S/C19H20O4/c20-19(23-14-16-5-2-1-3-6-16)10-8-15-7-9-17-18(13-15)22-12-4-11-21-17/h1-3,5-7,9,13H,4,8,10-12,14H2. The van der Waals surface area contributed by atoms with E-state index in [-0.39, 0.29) is 5.97 Å². The van der Waals surface area contributed by atoms with Gasteiger partial charge in [-0.25, -0.2) is 0 Å². The van der Waals surface area contributed by atoms with Crippen molar-refractivity contribution in [2.75, 3.05) is 13.2 Å². The summed E-state index contributed by atoms with van der Waals surface area (Å²) >= 11 is 0. The maximum atomic E-state index is 11.9. The van der Waals surface area contributed by atoms with Gasteiger partial charge in [-0.1, -0.05) is 36.4 Å². The number of esters is 1. The number of ether oxygens (including phenoxy) is 3. The second-order valence-electron chi connectivity index (χ2n) is 5.48. The summed E-state index contributed by atoms with van der Waals surface area (Å²) in [5, 5.41) is 0. The fourth-order valence-electron chi connectivity index (χ4n) is 2.42. The topological polar surface area (TPSA) is 44.8 Å². The lowest BCUT2D eigenvalue weighted by atomic mass is 10.1. The molecule has 0 fully saturated rings. The summed E-state index contributed by atoms with van der Waals surface area (Å²) in [4.78, 5) is 11.9. The number of fused-ring (bicyclic) bond motifs is 1. The van der Waals surface area contributed by atoms with E-state index in [0.717, 1.165) is 29.0 Å². The van der Waals surface area contributed by atoms with Gasteiger partial charge >= 0.3 is 5.97 Å². The molecule has 0 N–H and O–H groups in total. The third kappa shape index (κ3) is 4.49. The zero-order chi connectivity index (χ0) is 15.9. The van der Waals surface area contributed by atoms with E-state index in [9.17, 15) is 4.79 Å². The fraction of sp³-hybridized carbons (Fsp3) is 0.316. The Hall–Kier alpha value is -2.49. The highest BCUT2D eigenvalue weighted by molar-refractivity contribution is 5.69. The molecule has 0 spiro atoms. The van der Waals surface area contributed by atoms with Crippen LogP contribution >= 0.6 is 0 Å². The summed E-state index contributed by atoms with van der Waals surface area (Å²) in [6.07, 6.45) is 1.87. The van der Waals surface area contributed by atoms with Crippen LogP contribution in [0.15, 0.2) is 48.5 Å². The maximum Gasteiger partial charge on any atom is 0.306 e. The predicted molar refractivity (Wildman–Crippen MR) is 86.6 cm³/mol. The lowest BCUT2D eigenvalue weighted by Crippen LogP contribution is -2.06. The van der Waals surface area contributed by atoms with Crippen LogP contribution in [-0.4, -0.2) is 19.2 Å². The summed E-state index contributed by atoms with van der Waals surface area (Å²) in [5.74, 6) is 1.34. The van der Waals surface area contributed by atoms with Crippen LogP contribution in [0.2, 0.25) is 0 Å². The number of carbonyl (C=O) groups excluding carboxylic acids is 1. The molecule has 1 aliphatic rings. The van der Waals surface area contributed by atoms with Gasteiger partial charge in [-0.2, -0.15) is 0 Å². The first kappa shape index (κ1) is 15.4. The van der Waals surface area contributed by atoms with Crippen molar-refractivity contribution >= 4 is 5.97 Å². The molecule has 0 radical (unpaired) electrons. The van der Waals surface area contributed by atoms with Gasteiger partial charge in [0.25, 0.3) is 0 Å². The molecule has 0 saturated carbocycles. The van der Waals surface area contributed by atoms with Crippen molar-refractivity contribution in [2.45, 2.75) is 25.9 Å². The average molecular weight is 312 g/mol. The molecular formula is C19H20O4. The molecule has 1 heterocycles. The fourth-order valence-corrected chi connectivity index (χ4v) is 2.42. The summed E-state index contributed by atoms with van der Waals surface area (Å²) in [6.45, 7) is 1.66. The molecule has 0 aliphatic carbocycles. The SMILES string of the molecule is O=C(CCc1ccc2c(c1)OCCCO2)OCc1ccccc1. The molecule has 120 valence electrons. The number of aryl methyl sites for hydroxylation is 1. The number of hydrogen-bond donors (Lipinski definition) is 0. The molecule has 2 aromatic carbocycles. The first-order chi connectivity index (χ1) is 11.3. The lowest BCUT2D eigenvalue weighted by Gasteiger charge is -2.09. The van der Waals surface area contributed by atoms with Gasteiger partial charge in [0.15, 0.2) is 11.5 Å². The monoisotopic (exact) mass is 312 g/mol. The Morgan fingerprint density at radius 2 is 1.74 bits per heavy atom. The second kappa shape index (κ2) is 7.68. The highest BCUT2D eigenvalue weighted by Crippen LogP contribution is 2.30. The van der Waals surface area contributed by atoms with Crippen molar-refractivity contribution in [3.05, 3.63) is 59.7 Å². The third-order valence-electron chi connectivity index (χ3n) is 3.67. The molecule has 2 aromatic rings. The smallest absolute Gasteiger partial charge is 0.306 e. The van der Waals surface area contributed by atoms with E-state index in [1.807, 2.05) is 48.5 Å². The van der Waals surface area contributed by atoms with E-state index in [1.165, 1.54) is 0 Å². The molecule has 0 saturated heterocycles. The molecule has 1 aliphatic heterocycles. The summed E-state index contributed by atoms with van der Waals surface area (Å²) in [6, 6.07) is 15.5. The Balaban J connectivity index is 1.50. The number of hydrogen-bond acceptors (Lipinski definition) is 4. The van der Waals surface area contributed by atoms with E-state index in [2.05, 4.69) is 0 Å². The van der Waals surface area contributed by atoms with E-state index >= 15 is 0 Å². The van der Waals surface area contributed by atoms with E-state index in [0.29, 0.717) is 32.7 Å². The molecule has 0 amide bonds. The minimum atomic E-state index is -0.194. The van der Waals surface area contributed by atoms with Crippen molar-refractivity contribution in [2.24, 2.45) is 0 Å². The predicted octanol–water partition coefficient (Wildman–Crippen LogP) is 3.52. The normalized spacial score (nSPS) is 13.2. The Kier molecular flexibility index (Phi) is 5.14. The molecule has 0 aromatic heterocycles. The minimum Gasteiger partial charge on any atom is -0.490 e. The van der Waals surface area contributed by atoms with Crippen LogP contribution in [0, 0.1) is 0 Å². The third-order valence-corrected chi connectivity index (χ3v) is 3.67. The molecular weight excluding hydrogens is 292 g/mol. The van der Waals surface area contributed by atoms with E-state index < -0.39 is 0 Å². The first-order valence-electron chi connectivity index (χ1n) is 7.89. The minimum absolute atomic E-state index is 0.194. The van der Waals surface area contributed by atoms with E-state index in [4.69, 9.17) is 14.2 Å². The van der Waals surface area contributed by atoms with Crippen LogP contribution in [-0.2, 0) is 22.6 Å². The lowest BCUT2D eigenvalue weighted by molar-refractivity contribution is -0.144. The first-order valence-corrected chi connectivity index (χ1v) is 7.89. The molecule has 0 unspecified atom stereocenters. The molecule has 3 rings (SSSR count). The molecule has 23 heavy (non-hydrogen) atoms. The van der Waals surface area contributed by atoms with Gasteiger partial charge < -0.3 is 14.2 Å². The van der Waals surface area contributed by atoms with E-state index in [1.54, 1.807) is 0 Å². The van der Waals surface area contributed by atoms with Crippen molar-refractivity contribution in [1.29, 1.82) is 0 Å². The van der Waals surface area contributed by atoms with Gasteiger partial charge in [0, 0.05) is 12.8 Å². The van der Waals surface area contributed by atoms with Gasteiger partial charge in [0.2, 0.25) is 0 Å². The Labute approximate surface area is 136 Å². The Morgan fingerprint density at radius 1 is 0.957 bits per heavy atom. The van der Waals surface area contributed by atoms with Crippen LogP contribution in [0.1, 0.15) is 24.0 Å². The number of benzene rings is 2. The molecule has 0 bridgehead atoms. The van der Waals surface area contributed by atoms with Gasteiger partial charge in [-0.05, 0) is 29.7 Å². The van der Waals surface area contributed by atoms with Crippen molar-refractivity contribution in [3.8, 4) is 11.5 Å². The highest BCUT2D eigenvalue weighted by atomic mass is 16.5. The van der Waals surface area contributed by atoms with Crippen molar-refractivity contribution in [3.63, 3.8) is 0 Å². The van der Waals surface area contributed by atoms with Crippen LogP contribution in [0.25, 0.3) is 0 Å². The van der Waals surface area contributed by atoms with Crippen LogP contribution in [0.4, 0.5) is 0 Å². The highest BCUT2D eigenvalue weighted by Gasteiger charge is 2.11. The Bertz CT molecular complexity index is 652. The van der Waals surface area contributed by atoms with Gasteiger partial charge in [-0.3, -0.25) is 4.79 Å². The van der Waals surface area contributed by atoms with Gasteiger partial charge in [0.1, 0.15) is 6.61 Å². The van der Waals surface area contributed by atoms with Crippen LogP contribution in [0.3, 0.4) is 0 Å². The van der Waals surface area contributed by atoms with Crippen LogP contribution in [0.5, 0.6) is 11.5 Å². The summed E-state index contributed by atoms with van der Waals surface area (Å²) < 4.78 is 16.5. The second-order valence-corrected chi connectivity index (χ2v) is 5.48. The largest absolute Gasteiger partial charge is 0.490 e. The van der Waals surface area contributed by atoms with Gasteiger partial charge in [-0.15, -0.1) is 0 Å². The van der Waals surface area contributed by atoms with Gasteiger partial charge in [0.05, 0.1) is 13.2 Å². The van der Waals surface area contributed by atoms with Crippen molar-refractivity contribution in [1.82, 2.24) is 0 Å². The zero-order valence-electron chi connectivity index (χ0n) is 13.0. The van der Waals surface area contributed by atoms with Crippen molar-refractivity contribution < 1.29 is 19.0 Å². The summed E-state index contributed by atoms with van der Waals surface area (Å²) in [7, 11) is 0. The molecule has 4 heteroatoms. The molecule has 0 atom stereocenters. The number of rotatable bonds is 5. The van der Waals surface area contributed by atoms with Crippen LogP contribution < -0.4 is 9.47 Å². The average Bonchev–Trinajstić information content (AvgIpc) is 2.84. The summed E-state index contributed by atoms with van der Waals surface area (Å²) in [5.41, 5.74) is 2.04. The maximum absolute atomic E-state index is 11.9. The number of carbonyl (C=O) groups is 1. The zero-order valence-corrected chi connectivity index (χ0v) is 13.0. The Morgan fingerprint density at radius 3 is 2.57 bits per heavy atom.